The van der Waals surface area contributed by atoms with Crippen LogP contribution < -0.4 is 10.6 Å². The Morgan fingerprint density at radius 2 is 1.02 bits per heavy atom. The van der Waals surface area contributed by atoms with E-state index in [0.29, 0.717) is 29.7 Å². The van der Waals surface area contributed by atoms with Crippen LogP contribution in [0.25, 0.3) is 11.1 Å². The lowest BCUT2D eigenvalue weighted by Gasteiger charge is -2.51. The molecule has 0 aromatic heterocycles. The van der Waals surface area contributed by atoms with Gasteiger partial charge in [0.05, 0.1) is 5.56 Å². The first kappa shape index (κ1) is 40.2. The van der Waals surface area contributed by atoms with Crippen molar-refractivity contribution >= 4 is 5.97 Å². The number of rotatable bonds is 14. The Labute approximate surface area is 346 Å². The Morgan fingerprint density at radius 1 is 0.569 bits per heavy atom. The fraction of sp³-hybridized carbons (Fsp3) is 0.404. The highest BCUT2D eigenvalue weighted by molar-refractivity contribution is 5.88. The monoisotopic (exact) mass is 774 g/mol. The minimum Gasteiger partial charge on any atom is -0.478 e. The van der Waals surface area contributed by atoms with E-state index in [2.05, 4.69) is 137 Å². The molecule has 6 fully saturated rings. The maximum absolute atomic E-state index is 11.2. The summed E-state index contributed by atoms with van der Waals surface area (Å²) in [6.07, 6.45) is 9.90. The number of carbonyl (C=O) groups is 1. The van der Waals surface area contributed by atoms with Gasteiger partial charge in [-0.3, -0.25) is 9.80 Å². The summed E-state index contributed by atoms with van der Waals surface area (Å²) in [5.41, 5.74) is 9.80. The minimum absolute atomic E-state index is 0.326. The van der Waals surface area contributed by atoms with E-state index < -0.39 is 5.97 Å². The molecule has 0 aliphatic carbocycles. The van der Waals surface area contributed by atoms with E-state index in [-0.39, 0.29) is 0 Å². The third-order valence-corrected chi connectivity index (χ3v) is 13.7. The number of nitrogens with zero attached hydrogens (tertiary/aromatic N) is 2. The molecule has 6 heterocycles. The smallest absolute Gasteiger partial charge is 0.335 e. The summed E-state index contributed by atoms with van der Waals surface area (Å²) in [4.78, 5) is 16.7. The zero-order valence-electron chi connectivity index (χ0n) is 34.3. The van der Waals surface area contributed by atoms with E-state index in [1.54, 1.807) is 23.3 Å². The second-order valence-electron chi connectivity index (χ2n) is 17.1. The van der Waals surface area contributed by atoms with Gasteiger partial charge in [-0.1, -0.05) is 135 Å². The lowest BCUT2D eigenvalue weighted by Crippen LogP contribution is -2.63. The molecule has 11 rings (SSSR count). The number of aromatic carboxylic acids is 1. The second kappa shape index (κ2) is 19.4. The molecule has 302 valence electrons. The van der Waals surface area contributed by atoms with Crippen molar-refractivity contribution < 1.29 is 9.90 Å². The van der Waals surface area contributed by atoms with Gasteiger partial charge in [-0.2, -0.15) is 0 Å². The number of carboxylic acid groups (broad SMARTS) is 1. The van der Waals surface area contributed by atoms with Crippen LogP contribution in [0.15, 0.2) is 133 Å². The van der Waals surface area contributed by atoms with Gasteiger partial charge in [-0.15, -0.1) is 0 Å². The Balaban J connectivity index is 0.000000165. The Bertz CT molecular complexity index is 2040. The molecule has 6 aliphatic rings. The lowest BCUT2D eigenvalue weighted by atomic mass is 9.76. The summed E-state index contributed by atoms with van der Waals surface area (Å²) in [5.74, 6) is 0.686. The maximum Gasteiger partial charge on any atom is 0.335 e. The lowest BCUT2D eigenvalue weighted by molar-refractivity contribution is 0.0126. The molecule has 0 spiro atoms. The average Bonchev–Trinajstić information content (AvgIpc) is 3.28. The third kappa shape index (κ3) is 9.64. The fourth-order valence-corrected chi connectivity index (χ4v) is 10.6. The van der Waals surface area contributed by atoms with Gasteiger partial charge in [0.25, 0.3) is 0 Å². The van der Waals surface area contributed by atoms with Crippen LogP contribution in [0.1, 0.15) is 77.2 Å². The van der Waals surface area contributed by atoms with Crippen molar-refractivity contribution in [2.45, 2.75) is 95.5 Å². The first-order valence-electron chi connectivity index (χ1n) is 22.0. The van der Waals surface area contributed by atoms with Gasteiger partial charge in [0, 0.05) is 37.3 Å². The van der Waals surface area contributed by atoms with Crippen molar-refractivity contribution in [3.63, 3.8) is 0 Å². The summed E-state index contributed by atoms with van der Waals surface area (Å²) < 4.78 is 0. The summed E-state index contributed by atoms with van der Waals surface area (Å²) in [6, 6.07) is 48.7. The Kier molecular flexibility index (Phi) is 13.5. The van der Waals surface area contributed by atoms with Crippen LogP contribution in [0.5, 0.6) is 0 Å². The predicted molar refractivity (Wildman–Crippen MR) is 237 cm³/mol. The largest absolute Gasteiger partial charge is 0.478 e. The molecule has 6 saturated heterocycles. The van der Waals surface area contributed by atoms with Crippen LogP contribution in [-0.2, 0) is 32.4 Å². The first-order valence-corrected chi connectivity index (χ1v) is 22.0. The van der Waals surface area contributed by atoms with E-state index in [1.807, 2.05) is 12.1 Å². The summed E-state index contributed by atoms with van der Waals surface area (Å²) in [7, 11) is 0. The van der Waals surface area contributed by atoms with Gasteiger partial charge in [0.1, 0.15) is 0 Å². The van der Waals surface area contributed by atoms with Gasteiger partial charge < -0.3 is 15.7 Å². The van der Waals surface area contributed by atoms with Crippen molar-refractivity contribution in [2.75, 3.05) is 26.2 Å². The molecule has 6 aliphatic heterocycles. The van der Waals surface area contributed by atoms with E-state index in [4.69, 9.17) is 0 Å². The SMILES string of the molecule is CCCc1ccccc1CC1C(NCc2ccccc2)C2CCN1CC2.O=C(O)c1ccc(-c2ccccc2CC2C(NCc3ccccc3)C3CCN2CC3)cc1. The van der Waals surface area contributed by atoms with Crippen LogP contribution in [-0.4, -0.2) is 71.2 Å². The Morgan fingerprint density at radius 3 is 1.52 bits per heavy atom. The normalized spacial score (nSPS) is 25.8. The summed E-state index contributed by atoms with van der Waals surface area (Å²) in [5, 5.41) is 17.1. The highest BCUT2D eigenvalue weighted by Crippen LogP contribution is 2.37. The van der Waals surface area contributed by atoms with E-state index in [1.165, 1.54) is 93.4 Å². The van der Waals surface area contributed by atoms with Crippen LogP contribution in [0, 0.1) is 11.8 Å². The van der Waals surface area contributed by atoms with Crippen LogP contribution in [0.4, 0.5) is 0 Å². The van der Waals surface area contributed by atoms with Crippen LogP contribution in [0.3, 0.4) is 0 Å². The van der Waals surface area contributed by atoms with Gasteiger partial charge in [-0.05, 0) is 134 Å². The molecule has 5 aromatic carbocycles. The molecule has 6 nitrogen and oxygen atoms in total. The molecule has 3 N–H and O–H groups in total. The predicted octanol–water partition coefficient (Wildman–Crippen LogP) is 9.28. The molecule has 4 bridgehead atoms. The molecular formula is C52H62N4O2. The van der Waals surface area contributed by atoms with Crippen molar-refractivity contribution in [2.24, 2.45) is 11.8 Å². The number of nitrogens with one attached hydrogen (secondary N) is 2. The maximum atomic E-state index is 11.2. The number of carboxylic acids is 1. The number of fused-ring (bicyclic) bond motifs is 6. The summed E-state index contributed by atoms with van der Waals surface area (Å²) in [6.45, 7) is 9.13. The fourth-order valence-electron chi connectivity index (χ4n) is 10.6. The molecule has 4 unspecified atom stereocenters. The second-order valence-corrected chi connectivity index (χ2v) is 17.1. The van der Waals surface area contributed by atoms with Crippen molar-refractivity contribution in [3.8, 4) is 11.1 Å². The number of benzene rings is 5. The minimum atomic E-state index is -0.886. The van der Waals surface area contributed by atoms with Crippen molar-refractivity contribution in [3.05, 3.63) is 167 Å². The van der Waals surface area contributed by atoms with Crippen molar-refractivity contribution in [1.82, 2.24) is 20.4 Å². The molecule has 0 radical (unpaired) electrons. The third-order valence-electron chi connectivity index (χ3n) is 13.7. The standard InChI is InChI=1S/C28H30N2O2.C24H32N2/c31-28(32)23-12-10-21(11-13-23)25-9-5-4-8-24(25)18-26-27(22-14-16-30(26)17-15-22)29-19-20-6-2-1-3-7-20;1-2-8-20-11-6-7-12-22(20)17-23-24(21-13-15-26(23)16-14-21)25-18-19-9-4-3-5-10-19/h1-13,22,26-27,29H,14-19H2,(H,31,32);3-7,9-12,21,23-25H,2,8,13-18H2,1H3. The van der Waals surface area contributed by atoms with E-state index in [0.717, 1.165) is 36.9 Å². The number of aryl methyl sites for hydroxylation is 1. The molecule has 0 saturated carbocycles. The highest BCUT2D eigenvalue weighted by atomic mass is 16.4. The van der Waals surface area contributed by atoms with Crippen LogP contribution >= 0.6 is 0 Å². The summed E-state index contributed by atoms with van der Waals surface area (Å²) >= 11 is 0. The highest BCUT2D eigenvalue weighted by Gasteiger charge is 2.43. The van der Waals surface area contributed by atoms with E-state index in [9.17, 15) is 9.90 Å². The molecule has 0 amide bonds. The average molecular weight is 775 g/mol. The first-order chi connectivity index (χ1) is 28.5. The Hall–Kier alpha value is -4.59. The van der Waals surface area contributed by atoms with Crippen molar-refractivity contribution in [1.29, 1.82) is 0 Å². The quantitative estimate of drug-likeness (QED) is 0.105. The van der Waals surface area contributed by atoms with Gasteiger partial charge in [-0.25, -0.2) is 4.79 Å². The van der Waals surface area contributed by atoms with Crippen LogP contribution in [0.2, 0.25) is 0 Å². The zero-order valence-corrected chi connectivity index (χ0v) is 34.3. The molecule has 4 atom stereocenters. The molecule has 6 heteroatoms. The van der Waals surface area contributed by atoms with Gasteiger partial charge in [0.2, 0.25) is 0 Å². The number of piperidine rings is 6. The number of hydrogen-bond donors (Lipinski definition) is 3. The van der Waals surface area contributed by atoms with Gasteiger partial charge in [0.15, 0.2) is 0 Å². The van der Waals surface area contributed by atoms with Gasteiger partial charge >= 0.3 is 5.97 Å². The molecule has 5 aromatic rings. The number of hydrogen-bond acceptors (Lipinski definition) is 5. The molecular weight excluding hydrogens is 713 g/mol. The topological polar surface area (TPSA) is 67.8 Å². The molecule has 58 heavy (non-hydrogen) atoms. The zero-order chi connectivity index (χ0) is 39.7. The van der Waals surface area contributed by atoms with E-state index >= 15 is 0 Å².